The predicted molar refractivity (Wildman–Crippen MR) is 61.7 cm³/mol. The van der Waals surface area contributed by atoms with E-state index in [0.29, 0.717) is 0 Å². The minimum Gasteiger partial charge on any atom is -0.0820 e. The lowest BCUT2D eigenvalue weighted by molar-refractivity contribution is 0.149. The van der Waals surface area contributed by atoms with Gasteiger partial charge in [0.15, 0.2) is 0 Å². The van der Waals surface area contributed by atoms with E-state index in [4.69, 9.17) is 0 Å². The van der Waals surface area contributed by atoms with Crippen molar-refractivity contribution in [3.05, 3.63) is 0 Å². The van der Waals surface area contributed by atoms with Gasteiger partial charge in [0, 0.05) is 3.92 Å². The summed E-state index contributed by atoms with van der Waals surface area (Å²) in [7, 11) is 0. The predicted octanol–water partition coefficient (Wildman–Crippen LogP) is 4.17. The maximum atomic E-state index is 2.72. The van der Waals surface area contributed by atoms with Crippen LogP contribution in [0.3, 0.4) is 0 Å². The molecule has 70 valence electrons. The Morgan fingerprint density at radius 3 is 2.25 bits per heavy atom. The fraction of sp³-hybridized carbons (Fsp3) is 1.00. The Hall–Kier alpha value is 0.730. The molecular weight excluding hydrogens is 259 g/mol. The van der Waals surface area contributed by atoms with Crippen LogP contribution in [0.2, 0.25) is 0 Å². The second kappa shape index (κ2) is 3.47. The standard InChI is InChI=1S/C11H19I/c1-9-5-6-10(12)11(9)7-3-2-4-8-11/h9-10H,2-8H2,1H3. The topological polar surface area (TPSA) is 0 Å². The molecule has 2 aliphatic rings. The summed E-state index contributed by atoms with van der Waals surface area (Å²) < 4.78 is 0.991. The van der Waals surface area contributed by atoms with E-state index in [-0.39, 0.29) is 0 Å². The number of hydrogen-bond donors (Lipinski definition) is 0. The Morgan fingerprint density at radius 1 is 1.08 bits per heavy atom. The molecule has 1 heteroatoms. The minimum absolute atomic E-state index is 0.777. The van der Waals surface area contributed by atoms with Crippen molar-refractivity contribution >= 4 is 22.6 Å². The molecule has 0 aliphatic heterocycles. The average molecular weight is 278 g/mol. The van der Waals surface area contributed by atoms with Crippen molar-refractivity contribution in [3.8, 4) is 0 Å². The first kappa shape index (κ1) is 9.29. The fourth-order valence-corrected chi connectivity index (χ4v) is 4.89. The molecule has 0 saturated heterocycles. The maximum absolute atomic E-state index is 2.72. The van der Waals surface area contributed by atoms with E-state index in [9.17, 15) is 0 Å². The van der Waals surface area contributed by atoms with E-state index in [1.165, 1.54) is 44.9 Å². The third-order valence-corrected chi connectivity index (χ3v) is 6.11. The van der Waals surface area contributed by atoms with Gasteiger partial charge in [0.1, 0.15) is 0 Å². The van der Waals surface area contributed by atoms with E-state index >= 15 is 0 Å². The van der Waals surface area contributed by atoms with Gasteiger partial charge in [0.2, 0.25) is 0 Å². The third kappa shape index (κ3) is 1.32. The van der Waals surface area contributed by atoms with Crippen LogP contribution in [0.4, 0.5) is 0 Å². The van der Waals surface area contributed by atoms with Gasteiger partial charge in [-0.3, -0.25) is 0 Å². The molecule has 2 fully saturated rings. The van der Waals surface area contributed by atoms with Gasteiger partial charge in [-0.05, 0) is 37.0 Å². The van der Waals surface area contributed by atoms with Crippen LogP contribution in [-0.4, -0.2) is 3.92 Å². The fourth-order valence-electron chi connectivity index (χ4n) is 3.30. The molecule has 0 heterocycles. The van der Waals surface area contributed by atoms with Crippen LogP contribution >= 0.6 is 22.6 Å². The molecule has 0 aromatic carbocycles. The zero-order chi connectivity index (χ0) is 8.60. The van der Waals surface area contributed by atoms with Crippen LogP contribution in [0.1, 0.15) is 51.9 Å². The highest BCUT2D eigenvalue weighted by Gasteiger charge is 2.46. The van der Waals surface area contributed by atoms with Crippen molar-refractivity contribution in [2.75, 3.05) is 0 Å². The zero-order valence-corrected chi connectivity index (χ0v) is 10.1. The Kier molecular flexibility index (Phi) is 2.69. The summed E-state index contributed by atoms with van der Waals surface area (Å²) in [6.07, 6.45) is 10.5. The molecule has 2 rings (SSSR count). The van der Waals surface area contributed by atoms with Crippen LogP contribution in [-0.2, 0) is 0 Å². The van der Waals surface area contributed by atoms with Crippen LogP contribution < -0.4 is 0 Å². The Labute approximate surface area is 89.6 Å². The van der Waals surface area contributed by atoms with Crippen molar-refractivity contribution in [1.82, 2.24) is 0 Å². The molecule has 0 aromatic heterocycles. The van der Waals surface area contributed by atoms with E-state index in [1.54, 1.807) is 0 Å². The summed E-state index contributed by atoms with van der Waals surface area (Å²) in [5.74, 6) is 1.01. The molecule has 0 nitrogen and oxygen atoms in total. The highest BCUT2D eigenvalue weighted by molar-refractivity contribution is 14.1. The summed E-state index contributed by atoms with van der Waals surface area (Å²) in [6, 6.07) is 0. The molecule has 0 aromatic rings. The summed E-state index contributed by atoms with van der Waals surface area (Å²) >= 11 is 2.72. The van der Waals surface area contributed by atoms with Gasteiger partial charge >= 0.3 is 0 Å². The maximum Gasteiger partial charge on any atom is 0.0169 e. The smallest absolute Gasteiger partial charge is 0.0169 e. The second-order valence-corrected chi connectivity index (χ2v) is 6.24. The van der Waals surface area contributed by atoms with Gasteiger partial charge in [-0.1, -0.05) is 48.8 Å². The van der Waals surface area contributed by atoms with E-state index in [2.05, 4.69) is 29.5 Å². The van der Waals surface area contributed by atoms with Crippen LogP contribution in [0.25, 0.3) is 0 Å². The monoisotopic (exact) mass is 278 g/mol. The molecule has 0 amide bonds. The summed E-state index contributed by atoms with van der Waals surface area (Å²) in [4.78, 5) is 0. The summed E-state index contributed by atoms with van der Waals surface area (Å²) in [5.41, 5.74) is 0.777. The molecule has 2 aliphatic carbocycles. The van der Waals surface area contributed by atoms with Gasteiger partial charge in [0.05, 0.1) is 0 Å². The summed E-state index contributed by atoms with van der Waals surface area (Å²) in [5, 5.41) is 0. The van der Waals surface area contributed by atoms with E-state index < -0.39 is 0 Å². The Balaban J connectivity index is 2.14. The van der Waals surface area contributed by atoms with Gasteiger partial charge in [-0.15, -0.1) is 0 Å². The van der Waals surface area contributed by atoms with Crippen molar-refractivity contribution in [2.24, 2.45) is 11.3 Å². The lowest BCUT2D eigenvalue weighted by atomic mass is 9.68. The SMILES string of the molecule is CC1CCC(I)C12CCCCC2. The van der Waals surface area contributed by atoms with E-state index in [1.807, 2.05) is 0 Å². The summed E-state index contributed by atoms with van der Waals surface area (Å²) in [6.45, 7) is 2.49. The first-order valence-corrected chi connectivity index (χ1v) is 6.64. The third-order valence-electron chi connectivity index (χ3n) is 4.24. The normalized spacial score (nSPS) is 40.5. The quantitative estimate of drug-likeness (QED) is 0.461. The lowest BCUT2D eigenvalue weighted by Crippen LogP contribution is -2.33. The van der Waals surface area contributed by atoms with Crippen LogP contribution in [0.5, 0.6) is 0 Å². The van der Waals surface area contributed by atoms with Crippen molar-refractivity contribution in [2.45, 2.75) is 55.8 Å². The Morgan fingerprint density at radius 2 is 1.75 bits per heavy atom. The number of rotatable bonds is 0. The molecule has 2 saturated carbocycles. The largest absolute Gasteiger partial charge is 0.0820 e. The van der Waals surface area contributed by atoms with Crippen molar-refractivity contribution in [1.29, 1.82) is 0 Å². The highest BCUT2D eigenvalue weighted by atomic mass is 127. The van der Waals surface area contributed by atoms with Gasteiger partial charge in [0.25, 0.3) is 0 Å². The highest BCUT2D eigenvalue weighted by Crippen LogP contribution is 2.55. The molecule has 2 unspecified atom stereocenters. The number of halogens is 1. The minimum atomic E-state index is 0.777. The lowest BCUT2D eigenvalue weighted by Gasteiger charge is -2.40. The Bertz CT molecular complexity index is 146. The van der Waals surface area contributed by atoms with E-state index in [0.717, 1.165) is 15.3 Å². The molecule has 0 N–H and O–H groups in total. The average Bonchev–Trinajstić information content (AvgIpc) is 2.36. The second-order valence-electron chi connectivity index (χ2n) is 4.74. The van der Waals surface area contributed by atoms with Gasteiger partial charge < -0.3 is 0 Å². The zero-order valence-electron chi connectivity index (χ0n) is 7.98. The molecule has 1 spiro atoms. The van der Waals surface area contributed by atoms with Crippen LogP contribution in [0.15, 0.2) is 0 Å². The number of alkyl halides is 1. The van der Waals surface area contributed by atoms with Crippen LogP contribution in [0, 0.1) is 11.3 Å². The van der Waals surface area contributed by atoms with Gasteiger partial charge in [-0.2, -0.15) is 0 Å². The first-order chi connectivity index (χ1) is 5.76. The first-order valence-electron chi connectivity index (χ1n) is 5.40. The molecular formula is C11H19I. The molecule has 0 bridgehead atoms. The molecule has 12 heavy (non-hydrogen) atoms. The van der Waals surface area contributed by atoms with Crippen molar-refractivity contribution in [3.63, 3.8) is 0 Å². The molecule has 2 atom stereocenters. The molecule has 0 radical (unpaired) electrons. The van der Waals surface area contributed by atoms with Crippen molar-refractivity contribution < 1.29 is 0 Å². The van der Waals surface area contributed by atoms with Gasteiger partial charge in [-0.25, -0.2) is 0 Å². The number of hydrogen-bond acceptors (Lipinski definition) is 0.